The summed E-state index contributed by atoms with van der Waals surface area (Å²) in [6.07, 6.45) is 7.46. The molecule has 0 aliphatic carbocycles. The van der Waals surface area contributed by atoms with E-state index in [0.29, 0.717) is 18.5 Å². The van der Waals surface area contributed by atoms with Gasteiger partial charge in [0.2, 0.25) is 5.88 Å². The zero-order valence-electron chi connectivity index (χ0n) is 9.48. The molecule has 2 heterocycles. The van der Waals surface area contributed by atoms with Crippen molar-refractivity contribution < 1.29 is 4.74 Å². The molecule has 1 aliphatic rings. The average molecular weight is 239 g/mol. The Morgan fingerprint density at radius 1 is 1.56 bits per heavy atom. The highest BCUT2D eigenvalue weighted by molar-refractivity contribution is 7.98. The molecular formula is C11H17N3OS. The van der Waals surface area contributed by atoms with Crippen LogP contribution in [-0.4, -0.2) is 35.4 Å². The van der Waals surface area contributed by atoms with Crippen LogP contribution in [0.4, 0.5) is 0 Å². The summed E-state index contributed by atoms with van der Waals surface area (Å²) in [6.45, 7) is 1.80. The lowest BCUT2D eigenvalue weighted by Gasteiger charge is -2.23. The molecule has 88 valence electrons. The molecule has 1 aromatic heterocycles. The van der Waals surface area contributed by atoms with E-state index in [0.717, 1.165) is 11.7 Å². The number of aromatic nitrogens is 2. The second-order valence-electron chi connectivity index (χ2n) is 3.84. The van der Waals surface area contributed by atoms with Gasteiger partial charge >= 0.3 is 0 Å². The molecule has 0 spiro atoms. The van der Waals surface area contributed by atoms with E-state index < -0.39 is 0 Å². The van der Waals surface area contributed by atoms with Crippen molar-refractivity contribution in [2.45, 2.75) is 30.5 Å². The van der Waals surface area contributed by atoms with E-state index >= 15 is 0 Å². The fraction of sp³-hybridized carbons (Fsp3) is 0.636. The van der Waals surface area contributed by atoms with Crippen molar-refractivity contribution in [1.82, 2.24) is 15.3 Å². The van der Waals surface area contributed by atoms with Gasteiger partial charge in [-0.25, -0.2) is 4.98 Å². The van der Waals surface area contributed by atoms with Crippen molar-refractivity contribution in [3.8, 4) is 5.88 Å². The molecule has 1 aliphatic heterocycles. The minimum atomic E-state index is 0.474. The van der Waals surface area contributed by atoms with Crippen LogP contribution in [0.25, 0.3) is 0 Å². The predicted molar refractivity (Wildman–Crippen MR) is 64.9 cm³/mol. The average Bonchev–Trinajstić information content (AvgIpc) is 2.38. The number of ether oxygens (including phenoxy) is 1. The van der Waals surface area contributed by atoms with E-state index in [1.165, 1.54) is 31.0 Å². The highest BCUT2D eigenvalue weighted by Crippen LogP contribution is 2.14. The molecule has 1 aromatic rings. The Hall–Kier alpha value is -0.810. The Bertz CT molecular complexity index is 329. The molecule has 4 nitrogen and oxygen atoms in total. The van der Waals surface area contributed by atoms with Gasteiger partial charge in [-0.3, -0.25) is 0 Å². The largest absolute Gasteiger partial charge is 0.476 e. The van der Waals surface area contributed by atoms with E-state index in [1.807, 2.05) is 12.3 Å². The fourth-order valence-corrected chi connectivity index (χ4v) is 2.10. The summed E-state index contributed by atoms with van der Waals surface area (Å²) >= 11 is 1.53. The zero-order chi connectivity index (χ0) is 11.2. The lowest BCUT2D eigenvalue weighted by atomic mass is 10.1. The maximum atomic E-state index is 5.66. The van der Waals surface area contributed by atoms with Gasteiger partial charge in [-0.05, 0) is 25.6 Å². The molecule has 1 atom stereocenters. The second-order valence-corrected chi connectivity index (χ2v) is 4.61. The van der Waals surface area contributed by atoms with Gasteiger partial charge in [0.05, 0.1) is 0 Å². The SMILES string of the molecule is CSc1nccc(OCC2CCCCN2)n1. The number of thioether (sulfide) groups is 1. The summed E-state index contributed by atoms with van der Waals surface area (Å²) < 4.78 is 5.66. The van der Waals surface area contributed by atoms with Gasteiger partial charge in [-0.1, -0.05) is 18.2 Å². The Morgan fingerprint density at radius 3 is 3.25 bits per heavy atom. The zero-order valence-corrected chi connectivity index (χ0v) is 10.3. The normalized spacial score (nSPS) is 20.7. The molecule has 5 heteroatoms. The number of piperidine rings is 1. The third-order valence-corrected chi connectivity index (χ3v) is 3.20. The first-order valence-electron chi connectivity index (χ1n) is 5.61. The maximum absolute atomic E-state index is 5.66. The maximum Gasteiger partial charge on any atom is 0.217 e. The van der Waals surface area contributed by atoms with E-state index in [-0.39, 0.29) is 0 Å². The predicted octanol–water partition coefficient (Wildman–Crippen LogP) is 1.72. The first-order chi connectivity index (χ1) is 7.88. The molecular weight excluding hydrogens is 222 g/mol. The van der Waals surface area contributed by atoms with Crippen molar-refractivity contribution in [3.63, 3.8) is 0 Å². The van der Waals surface area contributed by atoms with Gasteiger partial charge in [0.25, 0.3) is 0 Å². The molecule has 0 aromatic carbocycles. The van der Waals surface area contributed by atoms with Crippen LogP contribution in [0, 0.1) is 0 Å². The number of hydrogen-bond acceptors (Lipinski definition) is 5. The third-order valence-electron chi connectivity index (χ3n) is 2.64. The van der Waals surface area contributed by atoms with Crippen LogP contribution in [-0.2, 0) is 0 Å². The molecule has 16 heavy (non-hydrogen) atoms. The van der Waals surface area contributed by atoms with E-state index in [9.17, 15) is 0 Å². The highest BCUT2D eigenvalue weighted by atomic mass is 32.2. The summed E-state index contributed by atoms with van der Waals surface area (Å²) in [5.41, 5.74) is 0. The number of rotatable bonds is 4. The minimum absolute atomic E-state index is 0.474. The van der Waals surface area contributed by atoms with Gasteiger partial charge in [0.1, 0.15) is 6.61 Å². The molecule has 0 saturated carbocycles. The molecule has 0 radical (unpaired) electrons. The van der Waals surface area contributed by atoms with Gasteiger partial charge in [0, 0.05) is 18.3 Å². The quantitative estimate of drug-likeness (QED) is 0.640. The number of nitrogens with zero attached hydrogens (tertiary/aromatic N) is 2. The number of nitrogens with one attached hydrogen (secondary N) is 1. The first-order valence-corrected chi connectivity index (χ1v) is 6.84. The summed E-state index contributed by atoms with van der Waals surface area (Å²) in [6, 6.07) is 2.28. The van der Waals surface area contributed by atoms with E-state index in [4.69, 9.17) is 4.74 Å². The van der Waals surface area contributed by atoms with Crippen molar-refractivity contribution >= 4 is 11.8 Å². The van der Waals surface area contributed by atoms with Crippen LogP contribution in [0.1, 0.15) is 19.3 Å². The van der Waals surface area contributed by atoms with Crippen LogP contribution in [0.15, 0.2) is 17.4 Å². The minimum Gasteiger partial charge on any atom is -0.476 e. The lowest BCUT2D eigenvalue weighted by molar-refractivity contribution is 0.230. The summed E-state index contributed by atoms with van der Waals surface area (Å²) in [4.78, 5) is 8.39. The number of hydrogen-bond donors (Lipinski definition) is 1. The van der Waals surface area contributed by atoms with Crippen LogP contribution in [0.3, 0.4) is 0 Å². The van der Waals surface area contributed by atoms with Crippen molar-refractivity contribution in [1.29, 1.82) is 0 Å². The summed E-state index contributed by atoms with van der Waals surface area (Å²) in [5, 5.41) is 4.20. The van der Waals surface area contributed by atoms with Crippen LogP contribution in [0.5, 0.6) is 5.88 Å². The third kappa shape index (κ3) is 3.35. The van der Waals surface area contributed by atoms with Crippen LogP contribution in [0.2, 0.25) is 0 Å². The topological polar surface area (TPSA) is 47.0 Å². The van der Waals surface area contributed by atoms with Crippen molar-refractivity contribution in [2.24, 2.45) is 0 Å². The molecule has 2 rings (SSSR count). The van der Waals surface area contributed by atoms with Crippen molar-refractivity contribution in [3.05, 3.63) is 12.3 Å². The monoisotopic (exact) mass is 239 g/mol. The Balaban J connectivity index is 1.83. The standard InChI is InChI=1S/C11H17N3OS/c1-16-11-13-7-5-10(14-11)15-8-9-4-2-3-6-12-9/h5,7,9,12H,2-4,6,8H2,1H3. The molecule has 1 fully saturated rings. The van der Waals surface area contributed by atoms with Gasteiger partial charge in [0.15, 0.2) is 5.16 Å². The molecule has 1 N–H and O–H groups in total. The fourth-order valence-electron chi connectivity index (χ4n) is 1.76. The van der Waals surface area contributed by atoms with Crippen LogP contribution >= 0.6 is 11.8 Å². The Kier molecular flexibility index (Phi) is 4.42. The Labute approximate surface area is 100 Å². The smallest absolute Gasteiger partial charge is 0.217 e. The van der Waals surface area contributed by atoms with Gasteiger partial charge in [-0.15, -0.1) is 0 Å². The lowest BCUT2D eigenvalue weighted by Crippen LogP contribution is -2.38. The Morgan fingerprint density at radius 2 is 2.50 bits per heavy atom. The highest BCUT2D eigenvalue weighted by Gasteiger charge is 2.13. The first kappa shape index (κ1) is 11.7. The van der Waals surface area contributed by atoms with E-state index in [2.05, 4.69) is 15.3 Å². The molecule has 0 bridgehead atoms. The van der Waals surface area contributed by atoms with Gasteiger partial charge in [-0.2, -0.15) is 4.98 Å². The van der Waals surface area contributed by atoms with Crippen molar-refractivity contribution in [2.75, 3.05) is 19.4 Å². The van der Waals surface area contributed by atoms with Gasteiger partial charge < -0.3 is 10.1 Å². The molecule has 0 amide bonds. The second kappa shape index (κ2) is 6.06. The van der Waals surface area contributed by atoms with E-state index in [1.54, 1.807) is 6.20 Å². The summed E-state index contributed by atoms with van der Waals surface area (Å²) in [7, 11) is 0. The van der Waals surface area contributed by atoms with Crippen LogP contribution < -0.4 is 10.1 Å². The molecule has 1 saturated heterocycles. The summed E-state index contributed by atoms with van der Waals surface area (Å²) in [5.74, 6) is 0.673. The molecule has 1 unspecified atom stereocenters.